The SMILES string of the molecule is Cc1c(F)cccc1-c1ccc(CNC(C)C)cc1. The number of rotatable bonds is 4. The third-order valence-electron chi connectivity index (χ3n) is 3.25. The zero-order chi connectivity index (χ0) is 13.8. The van der Waals surface area contributed by atoms with Crippen LogP contribution in [0.25, 0.3) is 11.1 Å². The van der Waals surface area contributed by atoms with E-state index in [-0.39, 0.29) is 5.82 Å². The van der Waals surface area contributed by atoms with E-state index in [0.717, 1.165) is 17.7 Å². The fraction of sp³-hybridized carbons (Fsp3) is 0.294. The summed E-state index contributed by atoms with van der Waals surface area (Å²) in [6.45, 7) is 6.94. The first-order chi connectivity index (χ1) is 9.08. The van der Waals surface area contributed by atoms with Crippen LogP contribution in [-0.4, -0.2) is 6.04 Å². The molecule has 0 spiro atoms. The third-order valence-corrected chi connectivity index (χ3v) is 3.25. The maximum atomic E-state index is 13.5. The fourth-order valence-electron chi connectivity index (χ4n) is 2.04. The summed E-state index contributed by atoms with van der Waals surface area (Å²) in [4.78, 5) is 0. The first-order valence-corrected chi connectivity index (χ1v) is 6.65. The molecule has 2 heteroatoms. The highest BCUT2D eigenvalue weighted by Gasteiger charge is 2.05. The van der Waals surface area contributed by atoms with Crippen LogP contribution in [0.1, 0.15) is 25.0 Å². The van der Waals surface area contributed by atoms with Crippen LogP contribution in [0.3, 0.4) is 0 Å². The van der Waals surface area contributed by atoms with Crippen molar-refractivity contribution in [2.24, 2.45) is 0 Å². The second-order valence-corrected chi connectivity index (χ2v) is 5.14. The van der Waals surface area contributed by atoms with Gasteiger partial charge in [0.15, 0.2) is 0 Å². The number of benzene rings is 2. The van der Waals surface area contributed by atoms with E-state index < -0.39 is 0 Å². The van der Waals surface area contributed by atoms with Gasteiger partial charge in [-0.05, 0) is 35.2 Å². The zero-order valence-electron chi connectivity index (χ0n) is 11.7. The molecule has 0 aliphatic carbocycles. The van der Waals surface area contributed by atoms with E-state index >= 15 is 0 Å². The quantitative estimate of drug-likeness (QED) is 0.861. The highest BCUT2D eigenvalue weighted by Crippen LogP contribution is 2.25. The first kappa shape index (κ1) is 13.8. The van der Waals surface area contributed by atoms with Gasteiger partial charge < -0.3 is 5.32 Å². The molecule has 19 heavy (non-hydrogen) atoms. The van der Waals surface area contributed by atoms with Crippen LogP contribution in [0.4, 0.5) is 4.39 Å². The fourth-order valence-corrected chi connectivity index (χ4v) is 2.04. The largest absolute Gasteiger partial charge is 0.310 e. The lowest BCUT2D eigenvalue weighted by Crippen LogP contribution is -2.21. The van der Waals surface area contributed by atoms with Crippen molar-refractivity contribution in [1.82, 2.24) is 5.32 Å². The molecule has 0 amide bonds. The summed E-state index contributed by atoms with van der Waals surface area (Å²) in [7, 11) is 0. The topological polar surface area (TPSA) is 12.0 Å². The van der Waals surface area contributed by atoms with Gasteiger partial charge in [-0.2, -0.15) is 0 Å². The van der Waals surface area contributed by atoms with Crippen LogP contribution in [0.15, 0.2) is 42.5 Å². The van der Waals surface area contributed by atoms with Crippen molar-refractivity contribution in [3.05, 3.63) is 59.4 Å². The molecular formula is C17H20FN. The Hall–Kier alpha value is -1.67. The van der Waals surface area contributed by atoms with Crippen LogP contribution in [0, 0.1) is 12.7 Å². The average Bonchev–Trinajstić information content (AvgIpc) is 2.40. The van der Waals surface area contributed by atoms with E-state index in [2.05, 4.69) is 43.4 Å². The molecule has 1 nitrogen and oxygen atoms in total. The smallest absolute Gasteiger partial charge is 0.126 e. The molecule has 2 rings (SSSR count). The van der Waals surface area contributed by atoms with Crippen molar-refractivity contribution in [3.63, 3.8) is 0 Å². The Labute approximate surface area is 114 Å². The number of nitrogens with one attached hydrogen (secondary N) is 1. The van der Waals surface area contributed by atoms with Crippen molar-refractivity contribution in [2.45, 2.75) is 33.4 Å². The summed E-state index contributed by atoms with van der Waals surface area (Å²) >= 11 is 0. The lowest BCUT2D eigenvalue weighted by Gasteiger charge is -2.10. The van der Waals surface area contributed by atoms with Crippen LogP contribution in [0.5, 0.6) is 0 Å². The molecule has 0 aromatic heterocycles. The Balaban J connectivity index is 2.20. The Morgan fingerprint density at radius 3 is 2.37 bits per heavy atom. The molecule has 0 fully saturated rings. The van der Waals surface area contributed by atoms with Gasteiger partial charge in [0.2, 0.25) is 0 Å². The number of hydrogen-bond acceptors (Lipinski definition) is 1. The average molecular weight is 257 g/mol. The maximum Gasteiger partial charge on any atom is 0.126 e. The van der Waals surface area contributed by atoms with Gasteiger partial charge in [-0.25, -0.2) is 4.39 Å². The van der Waals surface area contributed by atoms with Crippen molar-refractivity contribution in [1.29, 1.82) is 0 Å². The molecule has 0 bridgehead atoms. The Kier molecular flexibility index (Phi) is 4.33. The lowest BCUT2D eigenvalue weighted by molar-refractivity contribution is 0.589. The lowest BCUT2D eigenvalue weighted by atomic mass is 9.99. The van der Waals surface area contributed by atoms with Gasteiger partial charge in [0, 0.05) is 12.6 Å². The summed E-state index contributed by atoms with van der Waals surface area (Å²) in [5, 5.41) is 3.38. The normalized spacial score (nSPS) is 11.0. The van der Waals surface area contributed by atoms with E-state index in [9.17, 15) is 4.39 Å². The molecule has 0 unspecified atom stereocenters. The van der Waals surface area contributed by atoms with Crippen LogP contribution in [-0.2, 0) is 6.54 Å². The van der Waals surface area contributed by atoms with Crippen molar-refractivity contribution < 1.29 is 4.39 Å². The van der Waals surface area contributed by atoms with Crippen LogP contribution >= 0.6 is 0 Å². The minimum absolute atomic E-state index is 0.150. The van der Waals surface area contributed by atoms with E-state index in [1.807, 2.05) is 13.0 Å². The molecule has 0 atom stereocenters. The Bertz CT molecular complexity index is 544. The predicted octanol–water partition coefficient (Wildman–Crippen LogP) is 4.30. The highest BCUT2D eigenvalue weighted by molar-refractivity contribution is 5.67. The molecule has 0 saturated heterocycles. The highest BCUT2D eigenvalue weighted by atomic mass is 19.1. The second-order valence-electron chi connectivity index (χ2n) is 5.14. The number of halogens is 1. The van der Waals surface area contributed by atoms with Gasteiger partial charge in [-0.15, -0.1) is 0 Å². The summed E-state index contributed by atoms with van der Waals surface area (Å²) < 4.78 is 13.5. The molecule has 0 aliphatic rings. The van der Waals surface area contributed by atoms with Gasteiger partial charge in [-0.1, -0.05) is 50.2 Å². The zero-order valence-corrected chi connectivity index (χ0v) is 11.7. The van der Waals surface area contributed by atoms with Crippen LogP contribution < -0.4 is 5.32 Å². The molecule has 2 aromatic rings. The van der Waals surface area contributed by atoms with Gasteiger partial charge in [0.25, 0.3) is 0 Å². The van der Waals surface area contributed by atoms with Gasteiger partial charge >= 0.3 is 0 Å². The monoisotopic (exact) mass is 257 g/mol. The molecule has 0 radical (unpaired) electrons. The van der Waals surface area contributed by atoms with Crippen molar-refractivity contribution in [3.8, 4) is 11.1 Å². The third kappa shape index (κ3) is 3.42. The molecule has 0 heterocycles. The predicted molar refractivity (Wildman–Crippen MR) is 78.5 cm³/mol. The van der Waals surface area contributed by atoms with Gasteiger partial charge in [0.1, 0.15) is 5.82 Å². The molecule has 2 aromatic carbocycles. The first-order valence-electron chi connectivity index (χ1n) is 6.65. The minimum Gasteiger partial charge on any atom is -0.310 e. The van der Waals surface area contributed by atoms with Crippen molar-refractivity contribution >= 4 is 0 Å². The molecule has 0 saturated carbocycles. The molecule has 100 valence electrons. The van der Waals surface area contributed by atoms with E-state index in [1.165, 1.54) is 11.6 Å². The van der Waals surface area contributed by atoms with Crippen molar-refractivity contribution in [2.75, 3.05) is 0 Å². The van der Waals surface area contributed by atoms with E-state index in [4.69, 9.17) is 0 Å². The van der Waals surface area contributed by atoms with Gasteiger partial charge in [-0.3, -0.25) is 0 Å². The summed E-state index contributed by atoms with van der Waals surface area (Å²) in [6.07, 6.45) is 0. The van der Waals surface area contributed by atoms with Crippen LogP contribution in [0.2, 0.25) is 0 Å². The molecule has 0 aliphatic heterocycles. The van der Waals surface area contributed by atoms with Gasteiger partial charge in [0.05, 0.1) is 0 Å². The molecular weight excluding hydrogens is 237 g/mol. The summed E-state index contributed by atoms with van der Waals surface area (Å²) in [5.74, 6) is -0.150. The minimum atomic E-state index is -0.150. The summed E-state index contributed by atoms with van der Waals surface area (Å²) in [6, 6.07) is 14.0. The maximum absolute atomic E-state index is 13.5. The summed E-state index contributed by atoms with van der Waals surface area (Å²) in [5.41, 5.74) is 3.97. The van der Waals surface area contributed by atoms with E-state index in [0.29, 0.717) is 11.6 Å². The Morgan fingerprint density at radius 2 is 1.74 bits per heavy atom. The Morgan fingerprint density at radius 1 is 1.05 bits per heavy atom. The molecule has 1 N–H and O–H groups in total. The van der Waals surface area contributed by atoms with E-state index in [1.54, 1.807) is 6.07 Å². The standard InChI is InChI=1S/C17H20FN/c1-12(2)19-11-14-7-9-15(10-8-14)16-5-4-6-17(18)13(16)3/h4-10,12,19H,11H2,1-3H3. The number of hydrogen-bond donors (Lipinski definition) is 1. The second kappa shape index (κ2) is 5.98.